The van der Waals surface area contributed by atoms with E-state index < -0.39 is 0 Å². The van der Waals surface area contributed by atoms with Crippen molar-refractivity contribution < 1.29 is 0 Å². The third kappa shape index (κ3) is 2.98. The topological polar surface area (TPSA) is 50.9 Å². The summed E-state index contributed by atoms with van der Waals surface area (Å²) < 4.78 is 0. The summed E-state index contributed by atoms with van der Waals surface area (Å²) in [5, 5.41) is 4.90. The van der Waals surface area contributed by atoms with E-state index >= 15 is 0 Å². The second kappa shape index (κ2) is 5.65. The highest BCUT2D eigenvalue weighted by Gasteiger charge is 2.09. The van der Waals surface area contributed by atoms with Crippen molar-refractivity contribution >= 4 is 45.8 Å². The molecule has 0 aliphatic heterocycles. The molecular weight excluding hydrogens is 286 g/mol. The minimum Gasteiger partial charge on any atom is -0.389 e. The van der Waals surface area contributed by atoms with Crippen LogP contribution in [-0.4, -0.2) is 9.97 Å². The molecule has 0 radical (unpaired) electrons. The molecule has 1 aromatic heterocycles. The summed E-state index contributed by atoms with van der Waals surface area (Å²) >= 11 is 12.8. The quantitative estimate of drug-likeness (QED) is 0.850. The van der Waals surface area contributed by atoms with E-state index in [4.69, 9.17) is 29.6 Å². The van der Waals surface area contributed by atoms with Crippen LogP contribution in [0.25, 0.3) is 0 Å². The molecule has 0 atom stereocenters. The molecule has 0 aliphatic carbocycles. The molecule has 0 unspecified atom stereocenters. The maximum Gasteiger partial charge on any atom is 0.107 e. The minimum atomic E-state index is 0.295. The van der Waals surface area contributed by atoms with Gasteiger partial charge in [-0.05, 0) is 19.1 Å². The van der Waals surface area contributed by atoms with Gasteiger partial charge in [0.15, 0.2) is 0 Å². The van der Waals surface area contributed by atoms with Gasteiger partial charge < -0.3 is 11.1 Å². The zero-order chi connectivity index (χ0) is 13.1. The molecule has 0 amide bonds. The Morgan fingerprint density at radius 3 is 2.94 bits per heavy atom. The van der Waals surface area contributed by atoms with E-state index in [0.29, 0.717) is 22.1 Å². The van der Waals surface area contributed by atoms with Crippen LogP contribution in [0.2, 0.25) is 5.02 Å². The highest BCUT2D eigenvalue weighted by molar-refractivity contribution is 7.80. The van der Waals surface area contributed by atoms with Crippen molar-refractivity contribution in [2.45, 2.75) is 13.5 Å². The first-order valence-corrected chi connectivity index (χ1v) is 6.91. The summed E-state index contributed by atoms with van der Waals surface area (Å²) in [5.41, 5.74) is 7.22. The Kier molecular flexibility index (Phi) is 4.16. The smallest absolute Gasteiger partial charge is 0.107 e. The maximum absolute atomic E-state index is 6.09. The van der Waals surface area contributed by atoms with Gasteiger partial charge in [0.05, 0.1) is 22.1 Å². The van der Waals surface area contributed by atoms with Gasteiger partial charge >= 0.3 is 0 Å². The Balaban J connectivity index is 2.19. The van der Waals surface area contributed by atoms with Crippen LogP contribution in [0.15, 0.2) is 24.4 Å². The van der Waals surface area contributed by atoms with Gasteiger partial charge in [0.25, 0.3) is 0 Å². The Hall–Kier alpha value is -1.17. The van der Waals surface area contributed by atoms with Crippen LogP contribution in [0.4, 0.5) is 5.69 Å². The van der Waals surface area contributed by atoms with E-state index in [9.17, 15) is 0 Å². The molecule has 0 bridgehead atoms. The van der Waals surface area contributed by atoms with E-state index in [2.05, 4.69) is 10.3 Å². The van der Waals surface area contributed by atoms with E-state index in [1.165, 1.54) is 0 Å². The number of hydrogen-bond donors (Lipinski definition) is 2. The van der Waals surface area contributed by atoms with Crippen LogP contribution < -0.4 is 11.1 Å². The summed E-state index contributed by atoms with van der Waals surface area (Å²) in [6, 6.07) is 5.55. The number of aromatic nitrogens is 1. The predicted octanol–water partition coefficient (Wildman–Crippen LogP) is 3.35. The van der Waals surface area contributed by atoms with Gasteiger partial charge in [-0.3, -0.25) is 0 Å². The molecule has 3 nitrogen and oxygen atoms in total. The molecule has 18 heavy (non-hydrogen) atoms. The van der Waals surface area contributed by atoms with E-state index in [0.717, 1.165) is 15.6 Å². The van der Waals surface area contributed by atoms with Crippen molar-refractivity contribution in [1.29, 1.82) is 0 Å². The first kappa shape index (κ1) is 13.3. The van der Waals surface area contributed by atoms with E-state index in [1.54, 1.807) is 17.4 Å². The lowest BCUT2D eigenvalue weighted by Crippen LogP contribution is -2.13. The molecular formula is C12H12ClN3S2. The number of benzene rings is 1. The van der Waals surface area contributed by atoms with Crippen LogP contribution in [0.3, 0.4) is 0 Å². The second-order valence-corrected chi connectivity index (χ2v) is 5.89. The number of rotatable bonds is 4. The number of nitrogens with two attached hydrogens (primary N) is 1. The van der Waals surface area contributed by atoms with Crippen molar-refractivity contribution in [2.75, 3.05) is 5.32 Å². The number of thiazole rings is 1. The van der Waals surface area contributed by atoms with Gasteiger partial charge in [-0.1, -0.05) is 29.9 Å². The lowest BCUT2D eigenvalue weighted by Gasteiger charge is -2.11. The predicted molar refractivity (Wildman–Crippen MR) is 81.5 cm³/mol. The van der Waals surface area contributed by atoms with Crippen LogP contribution in [0.1, 0.15) is 15.4 Å². The highest BCUT2D eigenvalue weighted by atomic mass is 35.5. The molecule has 1 aromatic carbocycles. The minimum absolute atomic E-state index is 0.295. The summed E-state index contributed by atoms with van der Waals surface area (Å²) in [5.74, 6) is 0. The molecule has 94 valence electrons. The van der Waals surface area contributed by atoms with Crippen molar-refractivity contribution in [1.82, 2.24) is 4.98 Å². The standard InChI is InChI=1S/C12H12ClN3S2/c1-7-15-5-8(18-7)6-16-10-4-2-3-9(13)11(10)12(14)17/h2-5,16H,6H2,1H3,(H2,14,17). The molecule has 0 aliphatic rings. The molecule has 6 heteroatoms. The fourth-order valence-electron chi connectivity index (χ4n) is 1.59. The van der Waals surface area contributed by atoms with Crippen LogP contribution in [0.5, 0.6) is 0 Å². The van der Waals surface area contributed by atoms with Crippen LogP contribution >= 0.6 is 35.2 Å². The van der Waals surface area contributed by atoms with Crippen LogP contribution in [0, 0.1) is 6.92 Å². The molecule has 0 spiro atoms. The molecule has 3 N–H and O–H groups in total. The number of nitrogens with one attached hydrogen (secondary N) is 1. The van der Waals surface area contributed by atoms with Gasteiger partial charge in [0.2, 0.25) is 0 Å². The van der Waals surface area contributed by atoms with Crippen molar-refractivity contribution in [3.05, 3.63) is 44.9 Å². The Bertz CT molecular complexity index is 580. The molecule has 0 saturated heterocycles. The van der Waals surface area contributed by atoms with E-state index in [1.807, 2.05) is 25.3 Å². The SMILES string of the molecule is Cc1ncc(CNc2cccc(Cl)c2C(N)=S)s1. The second-order valence-electron chi connectivity index (χ2n) is 3.73. The van der Waals surface area contributed by atoms with Crippen LogP contribution in [-0.2, 0) is 6.54 Å². The van der Waals surface area contributed by atoms with Gasteiger partial charge in [0.1, 0.15) is 4.99 Å². The molecule has 2 aromatic rings. The van der Waals surface area contributed by atoms with Gasteiger partial charge in [-0.25, -0.2) is 4.98 Å². The summed E-state index contributed by atoms with van der Waals surface area (Å²) in [4.78, 5) is 5.66. The monoisotopic (exact) mass is 297 g/mol. The highest BCUT2D eigenvalue weighted by Crippen LogP contribution is 2.25. The summed E-state index contributed by atoms with van der Waals surface area (Å²) in [6.45, 7) is 2.66. The zero-order valence-corrected chi connectivity index (χ0v) is 12.1. The largest absolute Gasteiger partial charge is 0.389 e. The maximum atomic E-state index is 6.09. The summed E-state index contributed by atoms with van der Waals surface area (Å²) in [6.07, 6.45) is 1.86. The number of thiocarbonyl (C=S) groups is 1. The number of aryl methyl sites for hydroxylation is 1. The first-order chi connectivity index (χ1) is 8.58. The summed E-state index contributed by atoms with van der Waals surface area (Å²) in [7, 11) is 0. The Labute approximate surface area is 120 Å². The average molecular weight is 298 g/mol. The number of halogens is 1. The third-order valence-corrected chi connectivity index (χ3v) is 3.81. The molecule has 0 saturated carbocycles. The van der Waals surface area contributed by atoms with E-state index in [-0.39, 0.29) is 0 Å². The first-order valence-electron chi connectivity index (χ1n) is 5.31. The molecule has 1 heterocycles. The Morgan fingerprint density at radius 1 is 1.56 bits per heavy atom. The Morgan fingerprint density at radius 2 is 2.33 bits per heavy atom. The fraction of sp³-hybridized carbons (Fsp3) is 0.167. The van der Waals surface area contributed by atoms with Gasteiger partial charge in [-0.2, -0.15) is 0 Å². The zero-order valence-electron chi connectivity index (χ0n) is 9.74. The number of nitrogens with zero attached hydrogens (tertiary/aromatic N) is 1. The molecule has 0 fully saturated rings. The lowest BCUT2D eigenvalue weighted by molar-refractivity contribution is 1.17. The number of anilines is 1. The fourth-order valence-corrected chi connectivity index (χ4v) is 2.88. The van der Waals surface area contributed by atoms with Crippen molar-refractivity contribution in [2.24, 2.45) is 5.73 Å². The van der Waals surface area contributed by atoms with Gasteiger partial charge in [-0.15, -0.1) is 11.3 Å². The van der Waals surface area contributed by atoms with Gasteiger partial charge in [0, 0.05) is 16.8 Å². The lowest BCUT2D eigenvalue weighted by atomic mass is 10.1. The molecule has 2 rings (SSSR count). The van der Waals surface area contributed by atoms with Crippen molar-refractivity contribution in [3.63, 3.8) is 0 Å². The number of hydrogen-bond acceptors (Lipinski definition) is 4. The normalized spacial score (nSPS) is 10.3. The average Bonchev–Trinajstić information content (AvgIpc) is 2.72. The third-order valence-electron chi connectivity index (χ3n) is 2.38. The van der Waals surface area contributed by atoms with Crippen molar-refractivity contribution in [3.8, 4) is 0 Å².